The molecule has 82 valence electrons. The standard InChI is InChI=1S/C13H25N/c1-4-9-14-13(10-11(2)3)12-7-5-6-8-12/h12-14H,2,4-10H2,1,3H3. The molecule has 0 amide bonds. The van der Waals surface area contributed by atoms with E-state index in [2.05, 4.69) is 25.7 Å². The zero-order chi connectivity index (χ0) is 10.4. The Bertz CT molecular complexity index is 168. The van der Waals surface area contributed by atoms with E-state index in [1.165, 1.54) is 44.1 Å². The van der Waals surface area contributed by atoms with Gasteiger partial charge in [-0.2, -0.15) is 0 Å². The lowest BCUT2D eigenvalue weighted by molar-refractivity contribution is 0.356. The van der Waals surface area contributed by atoms with Crippen LogP contribution in [0.5, 0.6) is 0 Å². The maximum absolute atomic E-state index is 4.03. The molecule has 0 spiro atoms. The fraction of sp³-hybridized carbons (Fsp3) is 0.846. The SMILES string of the molecule is C=C(C)CC(NCCC)C1CCCC1. The average molecular weight is 195 g/mol. The van der Waals surface area contributed by atoms with Crippen LogP contribution in [0, 0.1) is 5.92 Å². The molecule has 1 aliphatic carbocycles. The Morgan fingerprint density at radius 1 is 1.43 bits per heavy atom. The van der Waals surface area contributed by atoms with E-state index >= 15 is 0 Å². The fourth-order valence-corrected chi connectivity index (χ4v) is 2.47. The van der Waals surface area contributed by atoms with Gasteiger partial charge in [-0.05, 0) is 45.1 Å². The zero-order valence-corrected chi connectivity index (χ0v) is 9.81. The molecule has 1 heteroatoms. The summed E-state index contributed by atoms with van der Waals surface area (Å²) in [6, 6.07) is 0.704. The number of nitrogens with one attached hydrogen (secondary N) is 1. The van der Waals surface area contributed by atoms with Crippen LogP contribution in [0.4, 0.5) is 0 Å². The van der Waals surface area contributed by atoms with Crippen molar-refractivity contribution in [3.8, 4) is 0 Å². The summed E-state index contributed by atoms with van der Waals surface area (Å²) in [5.74, 6) is 0.915. The highest BCUT2D eigenvalue weighted by atomic mass is 14.9. The Balaban J connectivity index is 2.37. The maximum atomic E-state index is 4.03. The second-order valence-electron chi connectivity index (χ2n) is 4.77. The minimum Gasteiger partial charge on any atom is -0.313 e. The predicted octanol–water partition coefficient (Wildman–Crippen LogP) is 3.51. The van der Waals surface area contributed by atoms with Crippen molar-refractivity contribution in [2.45, 2.75) is 58.4 Å². The van der Waals surface area contributed by atoms with Crippen molar-refractivity contribution in [3.63, 3.8) is 0 Å². The molecule has 0 radical (unpaired) electrons. The fourth-order valence-electron chi connectivity index (χ4n) is 2.47. The van der Waals surface area contributed by atoms with Gasteiger partial charge >= 0.3 is 0 Å². The monoisotopic (exact) mass is 195 g/mol. The summed E-state index contributed by atoms with van der Waals surface area (Å²) in [5.41, 5.74) is 1.32. The van der Waals surface area contributed by atoms with Crippen LogP contribution in [0.3, 0.4) is 0 Å². The third-order valence-corrected chi connectivity index (χ3v) is 3.19. The van der Waals surface area contributed by atoms with E-state index < -0.39 is 0 Å². The summed E-state index contributed by atoms with van der Waals surface area (Å²) in [4.78, 5) is 0. The minimum absolute atomic E-state index is 0.704. The molecule has 1 aliphatic rings. The number of rotatable bonds is 6. The minimum atomic E-state index is 0.704. The third kappa shape index (κ3) is 3.83. The highest BCUT2D eigenvalue weighted by Crippen LogP contribution is 2.30. The summed E-state index contributed by atoms with van der Waals surface area (Å²) in [6.45, 7) is 9.58. The molecule has 0 saturated heterocycles. The van der Waals surface area contributed by atoms with E-state index in [0.29, 0.717) is 6.04 Å². The van der Waals surface area contributed by atoms with Gasteiger partial charge in [-0.25, -0.2) is 0 Å². The molecule has 1 nitrogen and oxygen atoms in total. The molecule has 1 rings (SSSR count). The first-order chi connectivity index (χ1) is 6.74. The summed E-state index contributed by atoms with van der Waals surface area (Å²) >= 11 is 0. The Labute approximate surface area is 89.0 Å². The van der Waals surface area contributed by atoms with Gasteiger partial charge in [0.15, 0.2) is 0 Å². The van der Waals surface area contributed by atoms with E-state index in [4.69, 9.17) is 0 Å². The summed E-state index contributed by atoms with van der Waals surface area (Å²) in [6.07, 6.45) is 8.13. The highest BCUT2D eigenvalue weighted by molar-refractivity contribution is 4.95. The third-order valence-electron chi connectivity index (χ3n) is 3.19. The van der Waals surface area contributed by atoms with Gasteiger partial charge in [0.2, 0.25) is 0 Å². The normalized spacial score (nSPS) is 19.9. The lowest BCUT2D eigenvalue weighted by Gasteiger charge is -2.24. The molecule has 1 N–H and O–H groups in total. The van der Waals surface area contributed by atoms with Crippen molar-refractivity contribution in [2.75, 3.05) is 6.54 Å². The van der Waals surface area contributed by atoms with Crippen molar-refractivity contribution in [3.05, 3.63) is 12.2 Å². The van der Waals surface area contributed by atoms with Crippen molar-refractivity contribution < 1.29 is 0 Å². The van der Waals surface area contributed by atoms with E-state index in [-0.39, 0.29) is 0 Å². The molecule has 1 unspecified atom stereocenters. The molecular weight excluding hydrogens is 170 g/mol. The molecule has 0 heterocycles. The lowest BCUT2D eigenvalue weighted by atomic mass is 9.93. The van der Waals surface area contributed by atoms with Crippen molar-refractivity contribution in [2.24, 2.45) is 5.92 Å². The van der Waals surface area contributed by atoms with Crippen LogP contribution in [0.1, 0.15) is 52.4 Å². The van der Waals surface area contributed by atoms with Gasteiger partial charge < -0.3 is 5.32 Å². The Morgan fingerprint density at radius 2 is 2.07 bits per heavy atom. The van der Waals surface area contributed by atoms with Gasteiger partial charge in [-0.15, -0.1) is 6.58 Å². The van der Waals surface area contributed by atoms with Crippen LogP contribution in [-0.4, -0.2) is 12.6 Å². The van der Waals surface area contributed by atoms with Crippen molar-refractivity contribution in [1.82, 2.24) is 5.32 Å². The van der Waals surface area contributed by atoms with Gasteiger partial charge in [0.1, 0.15) is 0 Å². The maximum Gasteiger partial charge on any atom is 0.0132 e. The first kappa shape index (κ1) is 11.8. The van der Waals surface area contributed by atoms with E-state index in [0.717, 1.165) is 12.5 Å². The summed E-state index contributed by atoms with van der Waals surface area (Å²) in [5, 5.41) is 3.68. The largest absolute Gasteiger partial charge is 0.313 e. The second-order valence-corrected chi connectivity index (χ2v) is 4.77. The van der Waals surface area contributed by atoms with Crippen LogP contribution in [-0.2, 0) is 0 Å². The Kier molecular flexibility index (Phi) is 5.24. The first-order valence-electron chi connectivity index (χ1n) is 6.11. The van der Waals surface area contributed by atoms with Gasteiger partial charge in [0.25, 0.3) is 0 Å². The molecule has 0 bridgehead atoms. The van der Waals surface area contributed by atoms with Crippen molar-refractivity contribution in [1.29, 1.82) is 0 Å². The number of hydrogen-bond donors (Lipinski definition) is 1. The van der Waals surface area contributed by atoms with Gasteiger partial charge in [-0.3, -0.25) is 0 Å². The molecule has 1 fully saturated rings. The zero-order valence-electron chi connectivity index (χ0n) is 9.81. The van der Waals surface area contributed by atoms with Gasteiger partial charge in [0, 0.05) is 6.04 Å². The Hall–Kier alpha value is -0.300. The smallest absolute Gasteiger partial charge is 0.0132 e. The molecule has 1 saturated carbocycles. The van der Waals surface area contributed by atoms with Crippen LogP contribution in [0.15, 0.2) is 12.2 Å². The average Bonchev–Trinajstić information content (AvgIpc) is 2.64. The molecule has 1 atom stereocenters. The Morgan fingerprint density at radius 3 is 2.57 bits per heavy atom. The predicted molar refractivity (Wildman–Crippen MR) is 63.5 cm³/mol. The van der Waals surface area contributed by atoms with Gasteiger partial charge in [-0.1, -0.05) is 25.3 Å². The second kappa shape index (κ2) is 6.23. The molecule has 0 aromatic rings. The lowest BCUT2D eigenvalue weighted by Crippen LogP contribution is -2.35. The van der Waals surface area contributed by atoms with E-state index in [1.54, 1.807) is 0 Å². The van der Waals surface area contributed by atoms with Crippen LogP contribution >= 0.6 is 0 Å². The molecule has 14 heavy (non-hydrogen) atoms. The highest BCUT2D eigenvalue weighted by Gasteiger charge is 2.23. The quantitative estimate of drug-likeness (QED) is 0.640. The van der Waals surface area contributed by atoms with Crippen LogP contribution in [0.2, 0.25) is 0 Å². The van der Waals surface area contributed by atoms with Crippen molar-refractivity contribution >= 4 is 0 Å². The van der Waals surface area contributed by atoms with E-state index in [9.17, 15) is 0 Å². The summed E-state index contributed by atoms with van der Waals surface area (Å²) < 4.78 is 0. The van der Waals surface area contributed by atoms with Crippen LogP contribution < -0.4 is 5.32 Å². The molecule has 0 aromatic heterocycles. The summed E-state index contributed by atoms with van der Waals surface area (Å²) in [7, 11) is 0. The molecular formula is C13H25N. The first-order valence-corrected chi connectivity index (χ1v) is 6.11. The van der Waals surface area contributed by atoms with Gasteiger partial charge in [0.05, 0.1) is 0 Å². The molecule has 0 aromatic carbocycles. The molecule has 0 aliphatic heterocycles. The number of hydrogen-bond acceptors (Lipinski definition) is 1. The topological polar surface area (TPSA) is 12.0 Å². The van der Waals surface area contributed by atoms with E-state index in [1.807, 2.05) is 0 Å². The van der Waals surface area contributed by atoms with Crippen LogP contribution in [0.25, 0.3) is 0 Å².